The smallest absolute Gasteiger partial charge is 0.329 e. The summed E-state index contributed by atoms with van der Waals surface area (Å²) < 4.78 is 11.3. The predicted octanol–water partition coefficient (Wildman–Crippen LogP) is 4.35. The average molecular weight is 543 g/mol. The summed E-state index contributed by atoms with van der Waals surface area (Å²) in [6, 6.07) is 17.6. The number of ether oxygens (including phenoxy) is 2. The Hall–Kier alpha value is -5.06. The maximum Gasteiger partial charge on any atom is 0.329 e. The standard InChI is InChI=1S/C29H30N6O5/c1-19-15-31-23(20(2)26(19)39-3)17-34(27-25(35(37)38)16-32-29(30)33-27)24(14-21-10-6-4-7-11-21)28(36)40-18-22-12-8-5-9-13-22/h4-13,15-16,24H,14,17-18H2,1-3H3,(H2,30,32,33)/t24-/m1/s1. The maximum absolute atomic E-state index is 13.8. The number of methoxy groups -OCH3 is 1. The number of hydrogen-bond acceptors (Lipinski definition) is 10. The third-order valence-corrected chi connectivity index (χ3v) is 6.45. The van der Waals surface area contributed by atoms with Crippen molar-refractivity contribution in [2.45, 2.75) is 39.5 Å². The van der Waals surface area contributed by atoms with Gasteiger partial charge in [0.25, 0.3) is 0 Å². The number of carbonyl (C=O) groups is 1. The van der Waals surface area contributed by atoms with Crippen molar-refractivity contribution in [3.8, 4) is 5.75 Å². The molecule has 0 radical (unpaired) electrons. The summed E-state index contributed by atoms with van der Waals surface area (Å²) in [6.45, 7) is 3.73. The van der Waals surface area contributed by atoms with Crippen LogP contribution in [0.15, 0.2) is 73.1 Å². The van der Waals surface area contributed by atoms with Gasteiger partial charge in [-0.25, -0.2) is 9.78 Å². The van der Waals surface area contributed by atoms with E-state index in [1.807, 2.05) is 74.5 Å². The highest BCUT2D eigenvalue weighted by molar-refractivity contribution is 5.81. The molecule has 0 aliphatic rings. The van der Waals surface area contributed by atoms with Gasteiger partial charge in [-0.3, -0.25) is 15.1 Å². The fourth-order valence-electron chi connectivity index (χ4n) is 4.43. The molecule has 2 aromatic carbocycles. The van der Waals surface area contributed by atoms with Crippen LogP contribution in [0.2, 0.25) is 0 Å². The number of esters is 1. The van der Waals surface area contributed by atoms with Crippen LogP contribution >= 0.6 is 0 Å². The molecule has 206 valence electrons. The highest BCUT2D eigenvalue weighted by atomic mass is 16.6. The van der Waals surface area contributed by atoms with Gasteiger partial charge in [-0.2, -0.15) is 4.98 Å². The second-order valence-electron chi connectivity index (χ2n) is 9.17. The molecule has 2 heterocycles. The van der Waals surface area contributed by atoms with E-state index in [4.69, 9.17) is 15.2 Å². The molecule has 4 rings (SSSR count). The van der Waals surface area contributed by atoms with E-state index in [9.17, 15) is 14.9 Å². The lowest BCUT2D eigenvalue weighted by atomic mass is 10.0. The Labute approximate surface area is 231 Å². The molecule has 2 N–H and O–H groups in total. The number of rotatable bonds is 11. The second kappa shape index (κ2) is 12.7. The Morgan fingerprint density at radius 3 is 2.30 bits per heavy atom. The first-order chi connectivity index (χ1) is 19.3. The van der Waals surface area contributed by atoms with Crippen molar-refractivity contribution in [3.05, 3.63) is 111 Å². The Kier molecular flexibility index (Phi) is 8.85. The molecule has 40 heavy (non-hydrogen) atoms. The lowest BCUT2D eigenvalue weighted by Crippen LogP contribution is -2.44. The van der Waals surface area contributed by atoms with Gasteiger partial charge in [-0.05, 0) is 25.0 Å². The van der Waals surface area contributed by atoms with Crippen molar-refractivity contribution in [2.75, 3.05) is 17.7 Å². The van der Waals surface area contributed by atoms with Gasteiger partial charge in [-0.15, -0.1) is 0 Å². The number of nitro groups is 1. The van der Waals surface area contributed by atoms with Crippen LogP contribution in [0, 0.1) is 24.0 Å². The first-order valence-corrected chi connectivity index (χ1v) is 12.6. The van der Waals surface area contributed by atoms with E-state index in [0.717, 1.165) is 28.5 Å². The Bertz CT molecular complexity index is 1480. The number of pyridine rings is 1. The normalized spacial score (nSPS) is 11.5. The van der Waals surface area contributed by atoms with E-state index in [2.05, 4.69) is 15.0 Å². The number of benzene rings is 2. The largest absolute Gasteiger partial charge is 0.496 e. The van der Waals surface area contributed by atoms with Gasteiger partial charge >= 0.3 is 11.7 Å². The van der Waals surface area contributed by atoms with Gasteiger partial charge in [-0.1, -0.05) is 60.7 Å². The van der Waals surface area contributed by atoms with Gasteiger partial charge < -0.3 is 20.1 Å². The summed E-state index contributed by atoms with van der Waals surface area (Å²) in [5.41, 5.74) is 9.22. The fourth-order valence-corrected chi connectivity index (χ4v) is 4.43. The van der Waals surface area contributed by atoms with Gasteiger partial charge in [0.15, 0.2) is 0 Å². The number of nitrogen functional groups attached to an aromatic ring is 1. The van der Waals surface area contributed by atoms with E-state index in [1.54, 1.807) is 13.3 Å². The summed E-state index contributed by atoms with van der Waals surface area (Å²) in [4.78, 5) is 39.4. The number of nitrogens with zero attached hydrogens (tertiary/aromatic N) is 5. The monoisotopic (exact) mass is 542 g/mol. The third kappa shape index (κ3) is 6.49. The summed E-state index contributed by atoms with van der Waals surface area (Å²) in [7, 11) is 1.56. The minimum absolute atomic E-state index is 0.0162. The molecule has 0 saturated carbocycles. The lowest BCUT2D eigenvalue weighted by molar-refractivity contribution is -0.384. The highest BCUT2D eigenvalue weighted by Crippen LogP contribution is 2.32. The lowest BCUT2D eigenvalue weighted by Gasteiger charge is -2.31. The predicted molar refractivity (Wildman–Crippen MR) is 150 cm³/mol. The van der Waals surface area contributed by atoms with Crippen molar-refractivity contribution in [1.29, 1.82) is 0 Å². The molecule has 4 aromatic rings. The zero-order chi connectivity index (χ0) is 28.6. The van der Waals surface area contributed by atoms with Gasteiger partial charge in [0.05, 0.1) is 24.3 Å². The minimum atomic E-state index is -1.02. The van der Waals surface area contributed by atoms with Crippen LogP contribution in [0.3, 0.4) is 0 Å². The van der Waals surface area contributed by atoms with Crippen LogP contribution < -0.4 is 15.4 Å². The van der Waals surface area contributed by atoms with Crippen molar-refractivity contribution >= 4 is 23.4 Å². The van der Waals surface area contributed by atoms with Crippen molar-refractivity contribution < 1.29 is 19.2 Å². The van der Waals surface area contributed by atoms with Crippen LogP contribution in [0.5, 0.6) is 5.75 Å². The minimum Gasteiger partial charge on any atom is -0.496 e. The molecule has 0 fully saturated rings. The Morgan fingerprint density at radius 1 is 1.02 bits per heavy atom. The van der Waals surface area contributed by atoms with E-state index < -0.39 is 22.6 Å². The molecular formula is C29H30N6O5. The molecule has 11 heteroatoms. The molecule has 0 spiro atoms. The van der Waals surface area contributed by atoms with Gasteiger partial charge in [0, 0.05) is 23.7 Å². The topological polar surface area (TPSA) is 147 Å². The number of hydrogen-bond donors (Lipinski definition) is 1. The quantitative estimate of drug-likeness (QED) is 0.165. The zero-order valence-corrected chi connectivity index (χ0v) is 22.5. The van der Waals surface area contributed by atoms with Gasteiger partial charge in [0.2, 0.25) is 11.8 Å². The maximum atomic E-state index is 13.8. The summed E-state index contributed by atoms with van der Waals surface area (Å²) in [5, 5.41) is 12.1. The number of aryl methyl sites for hydroxylation is 1. The Balaban J connectivity index is 1.83. The molecule has 11 nitrogen and oxygen atoms in total. The van der Waals surface area contributed by atoms with Crippen LogP contribution in [-0.2, 0) is 29.1 Å². The summed E-state index contributed by atoms with van der Waals surface area (Å²) >= 11 is 0. The first-order valence-electron chi connectivity index (χ1n) is 12.6. The average Bonchev–Trinajstić information content (AvgIpc) is 2.96. The van der Waals surface area contributed by atoms with Crippen LogP contribution in [0.1, 0.15) is 27.9 Å². The molecule has 0 unspecified atom stereocenters. The molecule has 0 bridgehead atoms. The molecule has 0 aliphatic heterocycles. The second-order valence-corrected chi connectivity index (χ2v) is 9.17. The third-order valence-electron chi connectivity index (χ3n) is 6.45. The van der Waals surface area contributed by atoms with E-state index in [-0.39, 0.29) is 31.3 Å². The van der Waals surface area contributed by atoms with E-state index in [0.29, 0.717) is 11.4 Å². The molecule has 0 saturated heterocycles. The van der Waals surface area contributed by atoms with Crippen molar-refractivity contribution in [2.24, 2.45) is 0 Å². The van der Waals surface area contributed by atoms with Crippen LogP contribution in [0.25, 0.3) is 0 Å². The molecular weight excluding hydrogens is 512 g/mol. The highest BCUT2D eigenvalue weighted by Gasteiger charge is 2.35. The zero-order valence-electron chi connectivity index (χ0n) is 22.5. The van der Waals surface area contributed by atoms with Gasteiger partial charge in [0.1, 0.15) is 24.6 Å². The number of aromatic nitrogens is 3. The van der Waals surface area contributed by atoms with Crippen LogP contribution in [0.4, 0.5) is 17.5 Å². The van der Waals surface area contributed by atoms with Crippen LogP contribution in [-0.4, -0.2) is 39.0 Å². The first kappa shape index (κ1) is 28.0. The number of anilines is 2. The SMILES string of the molecule is COc1c(C)cnc(CN(c2nc(N)ncc2[N+](=O)[O-])[C@H](Cc2ccccc2)C(=O)OCc2ccccc2)c1C. The molecule has 2 aromatic heterocycles. The van der Waals surface area contributed by atoms with E-state index >= 15 is 0 Å². The number of carbonyl (C=O) groups excluding carboxylic acids is 1. The van der Waals surface area contributed by atoms with Crippen molar-refractivity contribution in [3.63, 3.8) is 0 Å². The van der Waals surface area contributed by atoms with Crippen molar-refractivity contribution in [1.82, 2.24) is 15.0 Å². The molecule has 1 atom stereocenters. The summed E-state index contributed by atoms with van der Waals surface area (Å²) in [6.07, 6.45) is 2.87. The van der Waals surface area contributed by atoms with E-state index in [1.165, 1.54) is 4.90 Å². The Morgan fingerprint density at radius 2 is 1.68 bits per heavy atom. The fraction of sp³-hybridized carbons (Fsp3) is 0.241. The molecule has 0 aliphatic carbocycles. The summed E-state index contributed by atoms with van der Waals surface area (Å²) in [5.74, 6) is -0.243. The number of nitrogens with two attached hydrogens (primary N) is 1. The molecule has 0 amide bonds.